The van der Waals surface area contributed by atoms with E-state index in [4.69, 9.17) is 2.74 Å². The average Bonchev–Trinajstić information content (AvgIpc) is 3.20. The van der Waals surface area contributed by atoms with E-state index >= 15 is 0 Å². The van der Waals surface area contributed by atoms with Crippen LogP contribution in [0.4, 0.5) is 17.1 Å². The van der Waals surface area contributed by atoms with Crippen LogP contribution in [-0.4, -0.2) is 0 Å². The third-order valence-electron chi connectivity index (χ3n) is 8.56. The number of nitrogens with zero attached hydrogens (tertiary/aromatic N) is 1. The summed E-state index contributed by atoms with van der Waals surface area (Å²) in [6, 6.07) is 58.2. The normalized spacial score (nSPS) is 12.2. The van der Waals surface area contributed by atoms with Gasteiger partial charge in [-0.05, 0) is 91.6 Å². The summed E-state index contributed by atoms with van der Waals surface area (Å²) in [5.74, 6) is 0. The summed E-state index contributed by atoms with van der Waals surface area (Å²) >= 11 is 0. The molecule has 0 N–H and O–H groups in total. The molecule has 0 aliphatic rings. The number of anilines is 3. The van der Waals surface area contributed by atoms with Crippen molar-refractivity contribution in [3.8, 4) is 44.5 Å². The molecule has 0 fully saturated rings. The van der Waals surface area contributed by atoms with Crippen LogP contribution in [0, 0.1) is 0 Å². The van der Waals surface area contributed by atoms with Crippen LogP contribution < -0.4 is 4.90 Å². The molecule has 0 saturated carbocycles. The molecule has 1 heteroatoms. The molecule has 8 rings (SSSR count). The summed E-state index contributed by atoms with van der Waals surface area (Å²) < 4.78 is 36.9. The summed E-state index contributed by atoms with van der Waals surface area (Å²) in [6.45, 7) is 0. The summed E-state index contributed by atoms with van der Waals surface area (Å²) in [6.07, 6.45) is 0. The second-order valence-corrected chi connectivity index (χ2v) is 11.5. The molecular weight excluding hydrogens is 567 g/mol. The van der Waals surface area contributed by atoms with Gasteiger partial charge in [-0.15, -0.1) is 0 Å². The van der Waals surface area contributed by atoms with Gasteiger partial charge in [0.25, 0.3) is 0 Å². The molecule has 8 aromatic rings. The third kappa shape index (κ3) is 5.72. The number of benzene rings is 8. The van der Waals surface area contributed by atoms with E-state index < -0.39 is 0 Å². The first-order valence-electron chi connectivity index (χ1n) is 17.8. The Morgan fingerprint density at radius 2 is 0.809 bits per heavy atom. The van der Waals surface area contributed by atoms with Crippen LogP contribution in [0.15, 0.2) is 200 Å². The Morgan fingerprint density at radius 1 is 0.319 bits per heavy atom. The predicted molar refractivity (Wildman–Crippen MR) is 200 cm³/mol. The summed E-state index contributed by atoms with van der Waals surface area (Å²) in [5, 5.41) is 2.30. The number of fused-ring (bicyclic) bond motifs is 1. The van der Waals surface area contributed by atoms with Gasteiger partial charge >= 0.3 is 0 Å². The molecule has 0 radical (unpaired) electrons. The van der Waals surface area contributed by atoms with E-state index in [0.717, 1.165) is 55.5 Å². The standard InChI is InChI=1S/C46H33N/c1-4-12-34(13-5-1)35-20-22-36(23-21-35)37-24-29-42(30-25-37)47(41-17-8-3-9-18-41)43-31-26-40(27-32-43)46-44-19-11-10-16-39(44)28-33-45(46)38-14-6-2-7-15-38/h1-33H/i24D,25D,29D,30D. The van der Waals surface area contributed by atoms with E-state index in [2.05, 4.69) is 72.8 Å². The molecule has 222 valence electrons. The summed E-state index contributed by atoms with van der Waals surface area (Å²) in [4.78, 5) is 1.83. The van der Waals surface area contributed by atoms with Crippen LogP contribution in [0.2, 0.25) is 0 Å². The lowest BCUT2D eigenvalue weighted by molar-refractivity contribution is 1.28. The van der Waals surface area contributed by atoms with E-state index in [-0.39, 0.29) is 35.4 Å². The molecule has 0 bridgehead atoms. The molecule has 0 atom stereocenters. The molecule has 0 saturated heterocycles. The second kappa shape index (κ2) is 12.7. The van der Waals surface area contributed by atoms with Gasteiger partial charge in [0.05, 0.1) is 5.48 Å². The number of rotatable bonds is 7. The van der Waals surface area contributed by atoms with Crippen molar-refractivity contribution in [2.24, 2.45) is 0 Å². The fraction of sp³-hybridized carbons (Fsp3) is 0. The van der Waals surface area contributed by atoms with Crippen molar-refractivity contribution in [1.29, 1.82) is 0 Å². The Labute approximate surface area is 282 Å². The molecule has 0 aliphatic heterocycles. The smallest absolute Gasteiger partial charge is 0.0645 e. The average molecular weight is 604 g/mol. The fourth-order valence-electron chi connectivity index (χ4n) is 6.22. The molecule has 8 aromatic carbocycles. The van der Waals surface area contributed by atoms with E-state index in [0.29, 0.717) is 5.56 Å². The van der Waals surface area contributed by atoms with Crippen LogP contribution >= 0.6 is 0 Å². The molecule has 1 nitrogen and oxygen atoms in total. The molecular formula is C46H33N. The van der Waals surface area contributed by atoms with Crippen molar-refractivity contribution >= 4 is 27.8 Å². The van der Waals surface area contributed by atoms with Crippen molar-refractivity contribution in [2.45, 2.75) is 0 Å². The van der Waals surface area contributed by atoms with Crippen LogP contribution in [0.25, 0.3) is 55.3 Å². The zero-order valence-electron chi connectivity index (χ0n) is 29.7. The van der Waals surface area contributed by atoms with Crippen molar-refractivity contribution in [3.05, 3.63) is 200 Å². The van der Waals surface area contributed by atoms with Gasteiger partial charge in [-0.25, -0.2) is 0 Å². The van der Waals surface area contributed by atoms with Crippen molar-refractivity contribution in [3.63, 3.8) is 0 Å². The Bertz CT molecular complexity index is 2450. The van der Waals surface area contributed by atoms with E-state index in [1.165, 1.54) is 0 Å². The van der Waals surface area contributed by atoms with Crippen LogP contribution in [0.5, 0.6) is 0 Å². The first-order chi connectivity index (χ1) is 25.0. The maximum Gasteiger partial charge on any atom is 0.0645 e. The van der Waals surface area contributed by atoms with Crippen molar-refractivity contribution < 1.29 is 5.48 Å². The van der Waals surface area contributed by atoms with E-state index in [1.54, 1.807) is 0 Å². The number of para-hydroxylation sites is 1. The van der Waals surface area contributed by atoms with E-state index in [9.17, 15) is 2.74 Å². The SMILES string of the molecule is [2H]c1c([2H])c(N(c2ccccc2)c2ccc(-c3c(-c4ccccc4)ccc4ccccc34)cc2)c([2H])c([2H])c1-c1ccc(-c2ccccc2)cc1. The molecule has 0 spiro atoms. The highest BCUT2D eigenvalue weighted by Gasteiger charge is 2.15. The van der Waals surface area contributed by atoms with Gasteiger partial charge in [0, 0.05) is 17.1 Å². The summed E-state index contributed by atoms with van der Waals surface area (Å²) in [5.41, 5.74) is 9.10. The minimum absolute atomic E-state index is 0.0840. The highest BCUT2D eigenvalue weighted by Crippen LogP contribution is 2.41. The molecule has 0 unspecified atom stereocenters. The van der Waals surface area contributed by atoms with Crippen LogP contribution in [0.1, 0.15) is 5.48 Å². The zero-order valence-corrected chi connectivity index (χ0v) is 25.7. The van der Waals surface area contributed by atoms with Gasteiger partial charge < -0.3 is 4.90 Å². The van der Waals surface area contributed by atoms with Gasteiger partial charge in [-0.3, -0.25) is 0 Å². The Balaban J connectivity index is 1.25. The third-order valence-corrected chi connectivity index (χ3v) is 8.56. The maximum absolute atomic E-state index is 9.29. The summed E-state index contributed by atoms with van der Waals surface area (Å²) in [7, 11) is 0. The van der Waals surface area contributed by atoms with Crippen molar-refractivity contribution in [1.82, 2.24) is 0 Å². The number of hydrogen-bond acceptors (Lipinski definition) is 1. The molecule has 47 heavy (non-hydrogen) atoms. The van der Waals surface area contributed by atoms with E-state index in [1.807, 2.05) is 108 Å². The Morgan fingerprint density at radius 3 is 1.47 bits per heavy atom. The lowest BCUT2D eigenvalue weighted by atomic mass is 9.89. The molecule has 0 amide bonds. The topological polar surface area (TPSA) is 3.24 Å². The first kappa shape index (κ1) is 24.1. The Kier molecular flexibility index (Phi) is 6.50. The molecule has 0 aliphatic carbocycles. The van der Waals surface area contributed by atoms with Gasteiger partial charge in [0.2, 0.25) is 0 Å². The highest BCUT2D eigenvalue weighted by molar-refractivity contribution is 6.04. The predicted octanol–water partition coefficient (Wildman–Crippen LogP) is 13.0. The van der Waals surface area contributed by atoms with Gasteiger partial charge in [-0.2, -0.15) is 0 Å². The highest BCUT2D eigenvalue weighted by atomic mass is 15.1. The lowest BCUT2D eigenvalue weighted by Gasteiger charge is -2.26. The maximum atomic E-state index is 9.29. The molecule has 0 heterocycles. The minimum atomic E-state index is -0.105. The molecule has 0 aromatic heterocycles. The second-order valence-electron chi connectivity index (χ2n) is 11.5. The largest absolute Gasteiger partial charge is 0.311 e. The Hall–Kier alpha value is -6.18. The monoisotopic (exact) mass is 603 g/mol. The van der Waals surface area contributed by atoms with Gasteiger partial charge in [-0.1, -0.05) is 164 Å². The lowest BCUT2D eigenvalue weighted by Crippen LogP contribution is -2.09. The number of hydrogen-bond donors (Lipinski definition) is 0. The minimum Gasteiger partial charge on any atom is -0.311 e. The quantitative estimate of drug-likeness (QED) is 0.175. The fourth-order valence-corrected chi connectivity index (χ4v) is 6.22. The first-order valence-corrected chi connectivity index (χ1v) is 15.8. The van der Waals surface area contributed by atoms with Crippen molar-refractivity contribution in [2.75, 3.05) is 4.90 Å². The zero-order chi connectivity index (χ0) is 34.9. The van der Waals surface area contributed by atoms with Gasteiger partial charge in [0.15, 0.2) is 0 Å². The van der Waals surface area contributed by atoms with Crippen LogP contribution in [-0.2, 0) is 0 Å². The van der Waals surface area contributed by atoms with Crippen LogP contribution in [0.3, 0.4) is 0 Å². The van der Waals surface area contributed by atoms with Gasteiger partial charge in [0.1, 0.15) is 0 Å².